The van der Waals surface area contributed by atoms with Crippen molar-refractivity contribution in [1.29, 1.82) is 0 Å². The number of hydrogen-bond acceptors (Lipinski definition) is 6. The number of amides is 1. The summed E-state index contributed by atoms with van der Waals surface area (Å²) >= 11 is 6.08. The highest BCUT2D eigenvalue weighted by Gasteiger charge is 2.28. The first-order valence-electron chi connectivity index (χ1n) is 7.57. The van der Waals surface area contributed by atoms with Crippen LogP contribution < -0.4 is 4.90 Å². The lowest BCUT2D eigenvalue weighted by Gasteiger charge is -2.33. The molecule has 2 aromatic rings. The van der Waals surface area contributed by atoms with Gasteiger partial charge in [-0.1, -0.05) is 11.6 Å². The molecule has 3 heterocycles. The smallest absolute Gasteiger partial charge is 0.255 e. The Morgan fingerprint density at radius 3 is 2.96 bits per heavy atom. The van der Waals surface area contributed by atoms with Crippen LogP contribution in [0.4, 0.5) is 5.95 Å². The molecule has 1 unspecified atom stereocenters. The van der Waals surface area contributed by atoms with Crippen LogP contribution in [0.5, 0.6) is 0 Å². The Morgan fingerprint density at radius 2 is 2.21 bits per heavy atom. The monoisotopic (exact) mass is 347 g/mol. The molecular formula is C16H18ClN5O2. The normalized spacial score (nSPS) is 17.6. The number of nitrogens with zero attached hydrogens (tertiary/aromatic N) is 5. The highest BCUT2D eigenvalue weighted by atomic mass is 35.5. The summed E-state index contributed by atoms with van der Waals surface area (Å²) in [6.45, 7) is 1.38. The second-order valence-corrected chi connectivity index (χ2v) is 6.05. The van der Waals surface area contributed by atoms with E-state index in [1.165, 1.54) is 6.20 Å². The van der Waals surface area contributed by atoms with Gasteiger partial charge in [0.05, 0.1) is 29.4 Å². The van der Waals surface area contributed by atoms with E-state index in [0.29, 0.717) is 36.2 Å². The summed E-state index contributed by atoms with van der Waals surface area (Å²) < 4.78 is 5.80. The van der Waals surface area contributed by atoms with Crippen LogP contribution in [0.3, 0.4) is 0 Å². The van der Waals surface area contributed by atoms with Gasteiger partial charge in [0.15, 0.2) is 0 Å². The van der Waals surface area contributed by atoms with Crippen LogP contribution in [0.2, 0.25) is 5.02 Å². The summed E-state index contributed by atoms with van der Waals surface area (Å²) in [4.78, 5) is 28.9. The van der Waals surface area contributed by atoms with E-state index in [1.807, 2.05) is 25.1 Å². The fourth-order valence-electron chi connectivity index (χ4n) is 2.49. The lowest BCUT2D eigenvalue weighted by molar-refractivity contribution is -0.0247. The van der Waals surface area contributed by atoms with Crippen LogP contribution in [0.15, 0.2) is 30.7 Å². The van der Waals surface area contributed by atoms with Crippen LogP contribution in [0.1, 0.15) is 22.2 Å². The van der Waals surface area contributed by atoms with Crippen molar-refractivity contribution in [3.05, 3.63) is 47.0 Å². The summed E-state index contributed by atoms with van der Waals surface area (Å²) in [5.74, 6) is 0.481. The molecule has 0 radical (unpaired) electrons. The Balaban J connectivity index is 1.78. The third-order valence-electron chi connectivity index (χ3n) is 3.75. The van der Waals surface area contributed by atoms with E-state index in [2.05, 4.69) is 15.0 Å². The Morgan fingerprint density at radius 1 is 1.38 bits per heavy atom. The molecule has 0 bridgehead atoms. The van der Waals surface area contributed by atoms with Gasteiger partial charge in [-0.25, -0.2) is 9.97 Å². The number of ether oxygens (including phenoxy) is 1. The first-order chi connectivity index (χ1) is 11.6. The van der Waals surface area contributed by atoms with Crippen LogP contribution >= 0.6 is 11.6 Å². The molecule has 126 valence electrons. The minimum absolute atomic E-state index is 0.127. The van der Waals surface area contributed by atoms with Crippen LogP contribution in [-0.4, -0.2) is 59.6 Å². The summed E-state index contributed by atoms with van der Waals surface area (Å²) in [7, 11) is 3.75. The second-order valence-electron chi connectivity index (χ2n) is 5.64. The van der Waals surface area contributed by atoms with Gasteiger partial charge in [-0.05, 0) is 12.1 Å². The largest absolute Gasteiger partial charge is 0.368 e. The third kappa shape index (κ3) is 3.47. The maximum atomic E-state index is 12.7. The zero-order valence-corrected chi connectivity index (χ0v) is 14.3. The van der Waals surface area contributed by atoms with E-state index >= 15 is 0 Å². The van der Waals surface area contributed by atoms with Gasteiger partial charge in [-0.3, -0.25) is 9.78 Å². The van der Waals surface area contributed by atoms with Gasteiger partial charge >= 0.3 is 0 Å². The van der Waals surface area contributed by atoms with Gasteiger partial charge in [0, 0.05) is 39.2 Å². The number of carbonyl (C=O) groups is 1. The number of anilines is 1. The van der Waals surface area contributed by atoms with E-state index in [1.54, 1.807) is 23.4 Å². The van der Waals surface area contributed by atoms with Crippen LogP contribution in [-0.2, 0) is 4.74 Å². The van der Waals surface area contributed by atoms with Gasteiger partial charge < -0.3 is 14.5 Å². The predicted molar refractivity (Wildman–Crippen MR) is 90.2 cm³/mol. The molecule has 0 aliphatic carbocycles. The standard InChI is InChI=1S/C16H18ClN5O2/c1-21(2)16-19-6-4-13(20-16)14-10-22(7-8-24-14)15(23)11-3-5-18-9-12(11)17/h3-6,9,14H,7-8,10H2,1-2H3. The quantitative estimate of drug-likeness (QED) is 0.843. The summed E-state index contributed by atoms with van der Waals surface area (Å²) in [5, 5.41) is 0.350. The molecule has 1 aliphatic rings. The van der Waals surface area contributed by atoms with Crippen molar-refractivity contribution in [3.63, 3.8) is 0 Å². The number of hydrogen-bond donors (Lipinski definition) is 0. The van der Waals surface area contributed by atoms with E-state index in [4.69, 9.17) is 16.3 Å². The van der Waals surface area contributed by atoms with E-state index in [-0.39, 0.29) is 12.0 Å². The topological polar surface area (TPSA) is 71.5 Å². The molecule has 0 spiro atoms. The SMILES string of the molecule is CN(C)c1nccc(C2CN(C(=O)c3ccncc3Cl)CCO2)n1. The molecule has 1 aliphatic heterocycles. The molecule has 1 atom stereocenters. The first-order valence-corrected chi connectivity index (χ1v) is 7.94. The first kappa shape index (κ1) is 16.6. The number of morpholine rings is 1. The lowest BCUT2D eigenvalue weighted by Crippen LogP contribution is -2.42. The van der Waals surface area contributed by atoms with E-state index in [0.717, 1.165) is 5.69 Å². The fraction of sp³-hybridized carbons (Fsp3) is 0.375. The van der Waals surface area contributed by atoms with Crippen LogP contribution in [0.25, 0.3) is 0 Å². The molecule has 1 saturated heterocycles. The van der Waals surface area contributed by atoms with Crippen molar-refractivity contribution in [3.8, 4) is 0 Å². The van der Waals surface area contributed by atoms with Gasteiger partial charge in [0.25, 0.3) is 5.91 Å². The van der Waals surface area contributed by atoms with E-state index in [9.17, 15) is 4.79 Å². The molecule has 8 heteroatoms. The maximum Gasteiger partial charge on any atom is 0.255 e. The second kappa shape index (κ2) is 7.11. The van der Waals surface area contributed by atoms with Gasteiger partial charge in [-0.2, -0.15) is 0 Å². The molecule has 0 saturated carbocycles. The van der Waals surface area contributed by atoms with Crippen molar-refractivity contribution < 1.29 is 9.53 Å². The summed E-state index contributed by atoms with van der Waals surface area (Å²) in [6.07, 6.45) is 4.44. The van der Waals surface area contributed by atoms with Crippen molar-refractivity contribution in [2.24, 2.45) is 0 Å². The van der Waals surface area contributed by atoms with Crippen molar-refractivity contribution >= 4 is 23.5 Å². The Bertz CT molecular complexity index is 740. The number of rotatable bonds is 3. The Labute approximate surface area is 145 Å². The third-order valence-corrected chi connectivity index (χ3v) is 4.05. The molecule has 2 aromatic heterocycles. The summed E-state index contributed by atoms with van der Waals surface area (Å²) in [5.41, 5.74) is 1.20. The van der Waals surface area contributed by atoms with Gasteiger partial charge in [0.2, 0.25) is 5.95 Å². The fourth-order valence-corrected chi connectivity index (χ4v) is 2.69. The van der Waals surface area contributed by atoms with E-state index < -0.39 is 0 Å². The number of halogens is 1. The van der Waals surface area contributed by atoms with Crippen molar-refractivity contribution in [2.45, 2.75) is 6.10 Å². The highest BCUT2D eigenvalue weighted by molar-refractivity contribution is 6.33. The minimum atomic E-state index is -0.287. The highest BCUT2D eigenvalue weighted by Crippen LogP contribution is 2.24. The number of aromatic nitrogens is 3. The van der Waals surface area contributed by atoms with Crippen LogP contribution in [0, 0.1) is 0 Å². The molecular weight excluding hydrogens is 330 g/mol. The zero-order valence-electron chi connectivity index (χ0n) is 13.5. The average Bonchev–Trinajstić information content (AvgIpc) is 2.62. The van der Waals surface area contributed by atoms with Crippen molar-refractivity contribution in [1.82, 2.24) is 19.9 Å². The minimum Gasteiger partial charge on any atom is -0.368 e. The molecule has 1 amide bonds. The lowest BCUT2D eigenvalue weighted by atomic mass is 10.1. The number of carbonyl (C=O) groups excluding carboxylic acids is 1. The average molecular weight is 348 g/mol. The summed E-state index contributed by atoms with van der Waals surface area (Å²) in [6, 6.07) is 3.44. The van der Waals surface area contributed by atoms with Gasteiger partial charge in [-0.15, -0.1) is 0 Å². The molecule has 24 heavy (non-hydrogen) atoms. The van der Waals surface area contributed by atoms with Crippen molar-refractivity contribution in [2.75, 3.05) is 38.7 Å². The molecule has 0 aromatic carbocycles. The maximum absolute atomic E-state index is 12.7. The Kier molecular flexibility index (Phi) is 4.92. The molecule has 7 nitrogen and oxygen atoms in total. The molecule has 3 rings (SSSR count). The predicted octanol–water partition coefficient (Wildman–Crippen LogP) is 1.80. The van der Waals surface area contributed by atoms with Gasteiger partial charge in [0.1, 0.15) is 6.10 Å². The number of pyridine rings is 1. The Hall–Kier alpha value is -2.25. The zero-order chi connectivity index (χ0) is 17.1. The molecule has 1 fully saturated rings. The molecule has 0 N–H and O–H groups in total.